The summed E-state index contributed by atoms with van der Waals surface area (Å²) in [6, 6.07) is 8.32. The summed E-state index contributed by atoms with van der Waals surface area (Å²) in [4.78, 5) is 5.47. The van der Waals surface area contributed by atoms with E-state index in [-0.39, 0.29) is 5.54 Å². The van der Waals surface area contributed by atoms with Crippen molar-refractivity contribution in [1.29, 1.82) is 0 Å². The molecule has 0 N–H and O–H groups in total. The molecule has 2 heteroatoms. The second-order valence-electron chi connectivity index (χ2n) is 4.48. The number of anilines is 1. The minimum Gasteiger partial charge on any atom is -0.276 e. The van der Waals surface area contributed by atoms with Gasteiger partial charge in [-0.3, -0.25) is 4.84 Å². The Morgan fingerprint density at radius 3 is 2.53 bits per heavy atom. The van der Waals surface area contributed by atoms with E-state index in [1.54, 1.807) is 7.11 Å². The third-order valence-corrected chi connectivity index (χ3v) is 2.82. The summed E-state index contributed by atoms with van der Waals surface area (Å²) < 4.78 is 0. The Morgan fingerprint density at radius 2 is 1.87 bits per heavy atom. The fourth-order valence-corrected chi connectivity index (χ4v) is 2.29. The molecule has 2 rings (SSSR count). The van der Waals surface area contributed by atoms with Crippen LogP contribution in [0.25, 0.3) is 5.57 Å². The summed E-state index contributed by atoms with van der Waals surface area (Å²) in [7, 11) is 1.72. The second-order valence-corrected chi connectivity index (χ2v) is 4.48. The fraction of sp³-hybridized carbons (Fsp3) is 0.385. The van der Waals surface area contributed by atoms with E-state index in [1.807, 2.05) is 11.1 Å². The summed E-state index contributed by atoms with van der Waals surface area (Å²) in [5.41, 5.74) is 3.61. The average Bonchev–Trinajstić information content (AvgIpc) is 2.17. The van der Waals surface area contributed by atoms with Crippen LogP contribution in [0.2, 0.25) is 0 Å². The molecule has 1 aliphatic heterocycles. The number of hydrogen-bond donors (Lipinski definition) is 0. The zero-order valence-electron chi connectivity index (χ0n) is 9.74. The molecule has 0 saturated carbocycles. The van der Waals surface area contributed by atoms with Crippen molar-refractivity contribution in [1.82, 2.24) is 0 Å². The van der Waals surface area contributed by atoms with Crippen LogP contribution < -0.4 is 5.06 Å². The summed E-state index contributed by atoms with van der Waals surface area (Å²) in [6.45, 7) is 6.44. The van der Waals surface area contributed by atoms with Crippen molar-refractivity contribution in [2.75, 3.05) is 12.2 Å². The maximum Gasteiger partial charge on any atom is 0.0803 e. The highest BCUT2D eigenvalue weighted by Crippen LogP contribution is 2.38. The van der Waals surface area contributed by atoms with Crippen LogP contribution in [0.4, 0.5) is 5.69 Å². The van der Waals surface area contributed by atoms with Gasteiger partial charge in [-0.15, -0.1) is 0 Å². The van der Waals surface area contributed by atoms with Crippen molar-refractivity contribution >= 4 is 11.3 Å². The fourth-order valence-electron chi connectivity index (χ4n) is 2.29. The van der Waals surface area contributed by atoms with Gasteiger partial charge in [0, 0.05) is 5.56 Å². The van der Waals surface area contributed by atoms with Crippen molar-refractivity contribution in [3.8, 4) is 0 Å². The van der Waals surface area contributed by atoms with E-state index in [0.29, 0.717) is 0 Å². The number of para-hydroxylation sites is 1. The maximum atomic E-state index is 5.47. The highest BCUT2D eigenvalue weighted by molar-refractivity contribution is 5.80. The van der Waals surface area contributed by atoms with E-state index in [2.05, 4.69) is 45.0 Å². The van der Waals surface area contributed by atoms with Gasteiger partial charge in [0.1, 0.15) is 0 Å². The second kappa shape index (κ2) is 3.38. The quantitative estimate of drug-likeness (QED) is 0.694. The van der Waals surface area contributed by atoms with Crippen LogP contribution >= 0.6 is 0 Å². The van der Waals surface area contributed by atoms with Crippen LogP contribution in [0.3, 0.4) is 0 Å². The first-order valence-electron chi connectivity index (χ1n) is 5.19. The molecule has 1 aromatic carbocycles. The van der Waals surface area contributed by atoms with Gasteiger partial charge < -0.3 is 0 Å². The first-order chi connectivity index (χ1) is 7.06. The zero-order valence-corrected chi connectivity index (χ0v) is 9.74. The zero-order chi connectivity index (χ0) is 11.1. The Labute approximate surface area is 91.1 Å². The normalized spacial score (nSPS) is 18.4. The molecular weight excluding hydrogens is 186 g/mol. The Kier molecular flexibility index (Phi) is 2.31. The summed E-state index contributed by atoms with van der Waals surface area (Å²) in [5, 5.41) is 1.95. The highest BCUT2D eigenvalue weighted by atomic mass is 16.7. The van der Waals surface area contributed by atoms with Crippen LogP contribution in [0.1, 0.15) is 26.3 Å². The topological polar surface area (TPSA) is 12.5 Å². The van der Waals surface area contributed by atoms with E-state index in [0.717, 1.165) is 5.69 Å². The SMILES string of the molecule is CON1c2ccccc2C(C)=CC1(C)C. The van der Waals surface area contributed by atoms with Gasteiger partial charge in [0.2, 0.25) is 0 Å². The van der Waals surface area contributed by atoms with Crippen LogP contribution in [0.15, 0.2) is 30.3 Å². The van der Waals surface area contributed by atoms with Gasteiger partial charge in [0.05, 0.1) is 18.3 Å². The van der Waals surface area contributed by atoms with Crippen molar-refractivity contribution in [3.05, 3.63) is 35.9 Å². The molecule has 0 aliphatic carbocycles. The van der Waals surface area contributed by atoms with Gasteiger partial charge in [-0.1, -0.05) is 24.3 Å². The van der Waals surface area contributed by atoms with Gasteiger partial charge in [-0.2, -0.15) is 0 Å². The van der Waals surface area contributed by atoms with Crippen molar-refractivity contribution < 1.29 is 4.84 Å². The molecule has 1 aromatic rings. The van der Waals surface area contributed by atoms with Gasteiger partial charge in [-0.25, -0.2) is 5.06 Å². The van der Waals surface area contributed by atoms with Crippen LogP contribution in [-0.2, 0) is 4.84 Å². The first-order valence-corrected chi connectivity index (χ1v) is 5.19. The number of fused-ring (bicyclic) bond motifs is 1. The molecule has 2 nitrogen and oxygen atoms in total. The highest BCUT2D eigenvalue weighted by Gasteiger charge is 2.31. The number of rotatable bonds is 1. The van der Waals surface area contributed by atoms with E-state index in [1.165, 1.54) is 11.1 Å². The molecule has 0 atom stereocenters. The molecule has 1 heterocycles. The van der Waals surface area contributed by atoms with Crippen molar-refractivity contribution in [3.63, 3.8) is 0 Å². The van der Waals surface area contributed by atoms with Crippen LogP contribution in [-0.4, -0.2) is 12.6 Å². The number of hydroxylamine groups is 1. The Morgan fingerprint density at radius 1 is 1.20 bits per heavy atom. The average molecular weight is 203 g/mol. The predicted octanol–water partition coefficient (Wildman–Crippen LogP) is 3.25. The van der Waals surface area contributed by atoms with Crippen molar-refractivity contribution in [2.24, 2.45) is 0 Å². The maximum absolute atomic E-state index is 5.47. The molecule has 0 unspecified atom stereocenters. The lowest BCUT2D eigenvalue weighted by Gasteiger charge is -2.40. The van der Waals surface area contributed by atoms with Crippen LogP contribution in [0, 0.1) is 0 Å². The standard InChI is InChI=1S/C13H17NO/c1-10-9-13(2,3)14(15-4)12-8-6-5-7-11(10)12/h5-9H,1-4H3. The Hall–Kier alpha value is -1.28. The summed E-state index contributed by atoms with van der Waals surface area (Å²) in [5.74, 6) is 0. The summed E-state index contributed by atoms with van der Waals surface area (Å²) in [6.07, 6.45) is 2.23. The minimum absolute atomic E-state index is 0.0901. The third kappa shape index (κ3) is 1.55. The Bertz CT molecular complexity index is 407. The third-order valence-electron chi connectivity index (χ3n) is 2.82. The monoisotopic (exact) mass is 203 g/mol. The van der Waals surface area contributed by atoms with Gasteiger partial charge in [-0.05, 0) is 32.4 Å². The molecule has 1 aliphatic rings. The molecule has 0 radical (unpaired) electrons. The van der Waals surface area contributed by atoms with Gasteiger partial charge >= 0.3 is 0 Å². The lowest BCUT2D eigenvalue weighted by atomic mass is 9.91. The molecule has 0 saturated heterocycles. The molecule has 0 amide bonds. The van der Waals surface area contributed by atoms with E-state index in [9.17, 15) is 0 Å². The lowest BCUT2D eigenvalue weighted by Crippen LogP contribution is -2.44. The molecular formula is C13H17NO. The molecule has 15 heavy (non-hydrogen) atoms. The van der Waals surface area contributed by atoms with Crippen LogP contribution in [0.5, 0.6) is 0 Å². The molecule has 80 valence electrons. The molecule has 0 aromatic heterocycles. The first kappa shape index (κ1) is 10.2. The smallest absolute Gasteiger partial charge is 0.0803 e. The number of hydrogen-bond acceptors (Lipinski definition) is 2. The number of benzene rings is 1. The Balaban J connectivity index is 2.61. The minimum atomic E-state index is -0.0901. The molecule has 0 bridgehead atoms. The van der Waals surface area contributed by atoms with E-state index >= 15 is 0 Å². The van der Waals surface area contributed by atoms with E-state index < -0.39 is 0 Å². The molecule has 0 spiro atoms. The largest absolute Gasteiger partial charge is 0.276 e. The van der Waals surface area contributed by atoms with Gasteiger partial charge in [0.15, 0.2) is 0 Å². The number of nitrogens with zero attached hydrogens (tertiary/aromatic N) is 1. The van der Waals surface area contributed by atoms with Crippen molar-refractivity contribution in [2.45, 2.75) is 26.3 Å². The lowest BCUT2D eigenvalue weighted by molar-refractivity contribution is 0.123. The number of allylic oxidation sites excluding steroid dienone is 1. The molecule has 0 fully saturated rings. The predicted molar refractivity (Wildman–Crippen MR) is 63.7 cm³/mol. The van der Waals surface area contributed by atoms with E-state index in [4.69, 9.17) is 4.84 Å². The summed E-state index contributed by atoms with van der Waals surface area (Å²) >= 11 is 0. The van der Waals surface area contributed by atoms with Gasteiger partial charge in [0.25, 0.3) is 0 Å².